The highest BCUT2D eigenvalue weighted by Gasteiger charge is 2.47. The van der Waals surface area contributed by atoms with E-state index in [0.717, 1.165) is 10.9 Å². The average molecular weight is 448 g/mol. The standard InChI is InChI=1S/C22H20F4N4O2/c1-32-18-5-3-2-4-15(18)17-10-19(22(24,25)26)30-20(29-17)16(12-28-30)21(31)27-11-13-6-8-14(23)9-7-13/h2-9,12,17,19,29H,10-11H2,1H3,(H,27,31)/t17-,19+/m0/s1. The Balaban J connectivity index is 1.63. The number of hydrogen-bond donors (Lipinski definition) is 2. The van der Waals surface area contributed by atoms with Crippen molar-refractivity contribution in [1.82, 2.24) is 15.1 Å². The number of benzene rings is 2. The van der Waals surface area contributed by atoms with Crippen LogP contribution in [-0.2, 0) is 6.54 Å². The number of para-hydroxylation sites is 1. The fraction of sp³-hybridized carbons (Fsp3) is 0.273. The number of nitrogens with zero attached hydrogens (tertiary/aromatic N) is 2. The summed E-state index contributed by atoms with van der Waals surface area (Å²) < 4.78 is 60.7. The van der Waals surface area contributed by atoms with Gasteiger partial charge < -0.3 is 15.4 Å². The third-order valence-electron chi connectivity index (χ3n) is 5.36. The molecule has 6 nitrogen and oxygen atoms in total. The molecule has 0 bridgehead atoms. The van der Waals surface area contributed by atoms with Gasteiger partial charge in [-0.2, -0.15) is 18.3 Å². The first kappa shape index (κ1) is 21.7. The quantitative estimate of drug-likeness (QED) is 0.559. The first-order valence-corrected chi connectivity index (χ1v) is 9.84. The minimum absolute atomic E-state index is 0.0130. The van der Waals surface area contributed by atoms with Crippen LogP contribution in [0, 0.1) is 5.82 Å². The summed E-state index contributed by atoms with van der Waals surface area (Å²) in [6, 6.07) is 9.68. The Labute approximate surface area is 181 Å². The number of fused-ring (bicyclic) bond motifs is 1. The van der Waals surface area contributed by atoms with E-state index in [9.17, 15) is 22.4 Å². The summed E-state index contributed by atoms with van der Waals surface area (Å²) in [5.41, 5.74) is 1.18. The van der Waals surface area contributed by atoms with E-state index in [4.69, 9.17) is 4.74 Å². The Morgan fingerprint density at radius 1 is 1.22 bits per heavy atom. The van der Waals surface area contributed by atoms with Gasteiger partial charge in [-0.3, -0.25) is 4.79 Å². The summed E-state index contributed by atoms with van der Waals surface area (Å²) in [5.74, 6) is -0.576. The maximum Gasteiger partial charge on any atom is 0.410 e. The van der Waals surface area contributed by atoms with Crippen LogP contribution >= 0.6 is 0 Å². The van der Waals surface area contributed by atoms with E-state index in [-0.39, 0.29) is 24.3 Å². The molecule has 1 aliphatic rings. The molecule has 32 heavy (non-hydrogen) atoms. The Morgan fingerprint density at radius 3 is 2.62 bits per heavy atom. The van der Waals surface area contributed by atoms with Gasteiger partial charge in [0.05, 0.1) is 19.3 Å². The Morgan fingerprint density at radius 2 is 1.94 bits per heavy atom. The zero-order chi connectivity index (χ0) is 22.9. The maximum absolute atomic E-state index is 13.9. The second-order valence-corrected chi connectivity index (χ2v) is 7.39. The van der Waals surface area contributed by atoms with E-state index >= 15 is 0 Å². The zero-order valence-electron chi connectivity index (χ0n) is 17.0. The number of rotatable bonds is 5. The first-order valence-electron chi connectivity index (χ1n) is 9.84. The first-order chi connectivity index (χ1) is 15.3. The number of ether oxygens (including phenoxy) is 1. The third kappa shape index (κ3) is 4.25. The van der Waals surface area contributed by atoms with Gasteiger partial charge in [-0.25, -0.2) is 9.07 Å². The van der Waals surface area contributed by atoms with Crippen molar-refractivity contribution in [1.29, 1.82) is 0 Å². The largest absolute Gasteiger partial charge is 0.496 e. The van der Waals surface area contributed by atoms with Gasteiger partial charge in [0.25, 0.3) is 5.91 Å². The summed E-state index contributed by atoms with van der Waals surface area (Å²) in [4.78, 5) is 12.8. The highest BCUT2D eigenvalue weighted by Crippen LogP contribution is 2.45. The number of carbonyl (C=O) groups excluding carboxylic acids is 1. The van der Waals surface area contributed by atoms with Crippen LogP contribution < -0.4 is 15.4 Å². The number of alkyl halides is 3. The van der Waals surface area contributed by atoms with E-state index in [1.807, 2.05) is 0 Å². The Bertz CT molecular complexity index is 1110. The van der Waals surface area contributed by atoms with E-state index in [2.05, 4.69) is 15.7 Å². The van der Waals surface area contributed by atoms with Gasteiger partial charge in [0.1, 0.15) is 22.9 Å². The highest BCUT2D eigenvalue weighted by molar-refractivity contribution is 5.98. The molecule has 0 unspecified atom stereocenters. The molecule has 2 heterocycles. The van der Waals surface area contributed by atoms with Crippen LogP contribution in [0.1, 0.15) is 40.0 Å². The topological polar surface area (TPSA) is 68.2 Å². The minimum Gasteiger partial charge on any atom is -0.496 e. The fourth-order valence-electron chi connectivity index (χ4n) is 3.77. The van der Waals surface area contributed by atoms with Crippen molar-refractivity contribution in [2.24, 2.45) is 0 Å². The van der Waals surface area contributed by atoms with E-state index in [0.29, 0.717) is 16.9 Å². The van der Waals surface area contributed by atoms with Crippen molar-refractivity contribution in [3.63, 3.8) is 0 Å². The zero-order valence-corrected chi connectivity index (χ0v) is 17.0. The van der Waals surface area contributed by atoms with Crippen molar-refractivity contribution in [3.05, 3.63) is 77.2 Å². The lowest BCUT2D eigenvalue weighted by atomic mass is 9.95. The van der Waals surface area contributed by atoms with Crippen LogP contribution in [0.2, 0.25) is 0 Å². The van der Waals surface area contributed by atoms with Crippen molar-refractivity contribution in [2.75, 3.05) is 12.4 Å². The second-order valence-electron chi connectivity index (χ2n) is 7.39. The summed E-state index contributed by atoms with van der Waals surface area (Å²) in [6.07, 6.45) is -3.76. The monoisotopic (exact) mass is 448 g/mol. The lowest BCUT2D eigenvalue weighted by molar-refractivity contribution is -0.173. The Kier molecular flexibility index (Phi) is 5.77. The number of hydrogen-bond acceptors (Lipinski definition) is 4. The fourth-order valence-corrected chi connectivity index (χ4v) is 3.77. The smallest absolute Gasteiger partial charge is 0.410 e. The SMILES string of the molecule is COc1ccccc1[C@@H]1C[C@H](C(F)(F)F)n2ncc(C(=O)NCc3ccc(F)cc3)c2N1. The molecule has 1 aliphatic heterocycles. The summed E-state index contributed by atoms with van der Waals surface area (Å²) >= 11 is 0. The van der Waals surface area contributed by atoms with Crippen LogP contribution in [0.4, 0.5) is 23.4 Å². The number of halogens is 4. The van der Waals surface area contributed by atoms with Gasteiger partial charge >= 0.3 is 6.18 Å². The van der Waals surface area contributed by atoms with Crippen LogP contribution in [0.3, 0.4) is 0 Å². The van der Waals surface area contributed by atoms with Crippen molar-refractivity contribution in [3.8, 4) is 5.75 Å². The van der Waals surface area contributed by atoms with Crippen molar-refractivity contribution in [2.45, 2.75) is 31.2 Å². The normalized spacial score (nSPS) is 17.9. The summed E-state index contributed by atoms with van der Waals surface area (Å²) in [5, 5.41) is 9.53. The van der Waals surface area contributed by atoms with E-state index < -0.39 is 30.0 Å². The number of aromatic nitrogens is 2. The molecule has 0 saturated heterocycles. The van der Waals surface area contributed by atoms with Gasteiger partial charge in [-0.1, -0.05) is 30.3 Å². The summed E-state index contributed by atoms with van der Waals surface area (Å²) in [6.45, 7) is 0.0857. The molecule has 0 aliphatic carbocycles. The summed E-state index contributed by atoms with van der Waals surface area (Å²) in [7, 11) is 1.45. The number of carbonyl (C=O) groups is 1. The van der Waals surface area contributed by atoms with Crippen LogP contribution in [0.5, 0.6) is 5.75 Å². The molecule has 1 amide bonds. The van der Waals surface area contributed by atoms with Gasteiger partial charge in [0.15, 0.2) is 6.04 Å². The molecule has 0 fully saturated rings. The molecule has 0 radical (unpaired) electrons. The number of nitrogens with one attached hydrogen (secondary N) is 2. The van der Waals surface area contributed by atoms with Gasteiger partial charge in [-0.05, 0) is 23.8 Å². The van der Waals surface area contributed by atoms with Gasteiger partial charge in [0, 0.05) is 18.5 Å². The molecule has 168 valence electrons. The average Bonchev–Trinajstić information content (AvgIpc) is 3.21. The molecule has 4 rings (SSSR count). The molecular formula is C22H20F4N4O2. The lowest BCUT2D eigenvalue weighted by Gasteiger charge is -2.34. The molecule has 2 N–H and O–H groups in total. The predicted molar refractivity (Wildman–Crippen MR) is 109 cm³/mol. The van der Waals surface area contributed by atoms with E-state index in [1.165, 1.54) is 31.4 Å². The number of amides is 1. The molecule has 0 saturated carbocycles. The highest BCUT2D eigenvalue weighted by atomic mass is 19.4. The molecule has 3 aromatic rings. The Hall–Kier alpha value is -3.56. The van der Waals surface area contributed by atoms with E-state index in [1.54, 1.807) is 24.3 Å². The van der Waals surface area contributed by atoms with Crippen molar-refractivity contribution < 1.29 is 27.1 Å². The van der Waals surface area contributed by atoms with Gasteiger partial charge in [-0.15, -0.1) is 0 Å². The molecule has 2 atom stereocenters. The lowest BCUT2D eigenvalue weighted by Crippen LogP contribution is -2.36. The second kappa shape index (κ2) is 8.52. The predicted octanol–water partition coefficient (Wildman–Crippen LogP) is 4.62. The van der Waals surface area contributed by atoms with Gasteiger partial charge in [0.2, 0.25) is 0 Å². The maximum atomic E-state index is 13.9. The number of anilines is 1. The van der Waals surface area contributed by atoms with Crippen LogP contribution in [-0.4, -0.2) is 29.0 Å². The third-order valence-corrected chi connectivity index (χ3v) is 5.36. The van der Waals surface area contributed by atoms with Crippen molar-refractivity contribution >= 4 is 11.7 Å². The minimum atomic E-state index is -4.56. The number of methoxy groups -OCH3 is 1. The van der Waals surface area contributed by atoms with Crippen LogP contribution in [0.25, 0.3) is 0 Å². The van der Waals surface area contributed by atoms with Crippen LogP contribution in [0.15, 0.2) is 54.7 Å². The molecule has 2 aromatic carbocycles. The molecule has 1 aromatic heterocycles. The molecule has 10 heteroatoms. The molecule has 0 spiro atoms. The molecular weight excluding hydrogens is 428 g/mol.